The van der Waals surface area contributed by atoms with E-state index in [0.717, 1.165) is 37.1 Å². The molecule has 0 saturated carbocycles. The van der Waals surface area contributed by atoms with Crippen LogP contribution in [0.1, 0.15) is 50.4 Å². The van der Waals surface area contributed by atoms with Gasteiger partial charge in [0.1, 0.15) is 17.5 Å². The standard InChI is InChI=1S/C15H26N4/c1-4-16-14-12(2)15(18-13(3)17-14)19-10-8-6-5-7-9-11-19/h4-11H2,1-3H3,(H,16,17,18). The highest BCUT2D eigenvalue weighted by molar-refractivity contribution is 5.58. The second-order valence-electron chi connectivity index (χ2n) is 5.35. The van der Waals surface area contributed by atoms with Crippen LogP contribution >= 0.6 is 0 Å². The van der Waals surface area contributed by atoms with E-state index in [1.165, 1.54) is 37.7 Å². The van der Waals surface area contributed by atoms with Crippen LogP contribution in [-0.2, 0) is 0 Å². The highest BCUT2D eigenvalue weighted by atomic mass is 15.2. The number of rotatable bonds is 3. The first-order chi connectivity index (χ1) is 9.22. The Morgan fingerprint density at radius 2 is 1.63 bits per heavy atom. The number of hydrogen-bond acceptors (Lipinski definition) is 4. The molecule has 106 valence electrons. The van der Waals surface area contributed by atoms with Crippen LogP contribution in [0.2, 0.25) is 0 Å². The van der Waals surface area contributed by atoms with Crippen molar-refractivity contribution in [3.05, 3.63) is 11.4 Å². The molecular formula is C15H26N4. The minimum Gasteiger partial charge on any atom is -0.370 e. The van der Waals surface area contributed by atoms with Gasteiger partial charge >= 0.3 is 0 Å². The molecule has 0 aliphatic carbocycles. The van der Waals surface area contributed by atoms with Gasteiger partial charge in [-0.3, -0.25) is 0 Å². The summed E-state index contributed by atoms with van der Waals surface area (Å²) < 4.78 is 0. The van der Waals surface area contributed by atoms with Crippen LogP contribution < -0.4 is 10.2 Å². The van der Waals surface area contributed by atoms with Gasteiger partial charge in [0.15, 0.2) is 0 Å². The Kier molecular flexibility index (Phi) is 5.00. The van der Waals surface area contributed by atoms with E-state index >= 15 is 0 Å². The fourth-order valence-corrected chi connectivity index (χ4v) is 2.72. The molecule has 19 heavy (non-hydrogen) atoms. The molecule has 0 amide bonds. The third-order valence-corrected chi connectivity index (χ3v) is 3.73. The van der Waals surface area contributed by atoms with Gasteiger partial charge < -0.3 is 10.2 Å². The molecule has 1 aliphatic rings. The smallest absolute Gasteiger partial charge is 0.137 e. The number of nitrogens with one attached hydrogen (secondary N) is 1. The Morgan fingerprint density at radius 3 is 2.26 bits per heavy atom. The van der Waals surface area contributed by atoms with E-state index in [1.54, 1.807) is 0 Å². The molecule has 0 unspecified atom stereocenters. The summed E-state index contributed by atoms with van der Waals surface area (Å²) in [6.07, 6.45) is 6.63. The molecule has 4 heteroatoms. The van der Waals surface area contributed by atoms with Crippen molar-refractivity contribution in [1.82, 2.24) is 9.97 Å². The van der Waals surface area contributed by atoms with Crippen LogP contribution in [0.3, 0.4) is 0 Å². The van der Waals surface area contributed by atoms with Crippen LogP contribution in [0.25, 0.3) is 0 Å². The van der Waals surface area contributed by atoms with Gasteiger partial charge in [0.25, 0.3) is 0 Å². The zero-order valence-corrected chi connectivity index (χ0v) is 12.5. The highest BCUT2D eigenvalue weighted by Gasteiger charge is 2.16. The Hall–Kier alpha value is -1.32. The Balaban J connectivity index is 2.25. The second kappa shape index (κ2) is 6.73. The van der Waals surface area contributed by atoms with E-state index in [1.807, 2.05) is 6.92 Å². The van der Waals surface area contributed by atoms with E-state index in [-0.39, 0.29) is 0 Å². The van der Waals surface area contributed by atoms with E-state index in [0.29, 0.717) is 0 Å². The maximum Gasteiger partial charge on any atom is 0.137 e. The quantitative estimate of drug-likeness (QED) is 0.907. The van der Waals surface area contributed by atoms with Gasteiger partial charge in [0.05, 0.1) is 0 Å². The van der Waals surface area contributed by atoms with Gasteiger partial charge in [-0.05, 0) is 33.6 Å². The molecule has 0 atom stereocenters. The summed E-state index contributed by atoms with van der Waals surface area (Å²) in [5, 5.41) is 3.35. The monoisotopic (exact) mass is 262 g/mol. The number of nitrogens with zero attached hydrogens (tertiary/aromatic N) is 3. The van der Waals surface area contributed by atoms with Gasteiger partial charge in [0, 0.05) is 25.2 Å². The van der Waals surface area contributed by atoms with Crippen LogP contribution in [0.4, 0.5) is 11.6 Å². The summed E-state index contributed by atoms with van der Waals surface area (Å²) in [4.78, 5) is 11.6. The number of aryl methyl sites for hydroxylation is 1. The normalized spacial score (nSPS) is 16.9. The molecule has 0 aromatic carbocycles. The average Bonchev–Trinajstić information content (AvgIpc) is 2.34. The molecule has 2 rings (SSSR count). The number of hydrogen-bond donors (Lipinski definition) is 1. The molecule has 1 aromatic heterocycles. The van der Waals surface area contributed by atoms with Crippen molar-refractivity contribution in [2.75, 3.05) is 29.9 Å². The summed E-state index contributed by atoms with van der Waals surface area (Å²) in [6.45, 7) is 9.37. The minimum absolute atomic E-state index is 0.860. The lowest BCUT2D eigenvalue weighted by atomic mass is 10.1. The molecule has 1 aliphatic heterocycles. The molecule has 0 bridgehead atoms. The molecule has 2 heterocycles. The number of aromatic nitrogens is 2. The predicted octanol–water partition coefficient (Wildman–Crippen LogP) is 3.30. The third kappa shape index (κ3) is 3.58. The van der Waals surface area contributed by atoms with E-state index in [9.17, 15) is 0 Å². The molecule has 1 N–H and O–H groups in total. The first kappa shape index (κ1) is 14.1. The lowest BCUT2D eigenvalue weighted by Crippen LogP contribution is -2.29. The van der Waals surface area contributed by atoms with E-state index in [4.69, 9.17) is 0 Å². The number of anilines is 2. The fraction of sp³-hybridized carbons (Fsp3) is 0.733. The summed E-state index contributed by atoms with van der Waals surface area (Å²) in [7, 11) is 0. The zero-order chi connectivity index (χ0) is 13.7. The summed E-state index contributed by atoms with van der Waals surface area (Å²) in [5.41, 5.74) is 1.19. The fourth-order valence-electron chi connectivity index (χ4n) is 2.72. The van der Waals surface area contributed by atoms with Gasteiger partial charge in [-0.2, -0.15) is 0 Å². The summed E-state index contributed by atoms with van der Waals surface area (Å²) in [6, 6.07) is 0. The molecule has 1 fully saturated rings. The molecule has 4 nitrogen and oxygen atoms in total. The summed E-state index contributed by atoms with van der Waals surface area (Å²) >= 11 is 0. The Bertz CT molecular complexity index is 409. The van der Waals surface area contributed by atoms with Crippen molar-refractivity contribution in [2.45, 2.75) is 52.9 Å². The maximum absolute atomic E-state index is 4.69. The Morgan fingerprint density at radius 1 is 1.00 bits per heavy atom. The summed E-state index contributed by atoms with van der Waals surface area (Å²) in [5.74, 6) is 2.98. The van der Waals surface area contributed by atoms with Gasteiger partial charge in [0.2, 0.25) is 0 Å². The second-order valence-corrected chi connectivity index (χ2v) is 5.35. The molecular weight excluding hydrogens is 236 g/mol. The van der Waals surface area contributed by atoms with E-state index in [2.05, 4.69) is 34.0 Å². The maximum atomic E-state index is 4.69. The first-order valence-corrected chi connectivity index (χ1v) is 7.56. The first-order valence-electron chi connectivity index (χ1n) is 7.56. The molecule has 0 spiro atoms. The van der Waals surface area contributed by atoms with Crippen molar-refractivity contribution < 1.29 is 0 Å². The van der Waals surface area contributed by atoms with E-state index < -0.39 is 0 Å². The lowest BCUT2D eigenvalue weighted by Gasteiger charge is -2.28. The van der Waals surface area contributed by atoms with Crippen molar-refractivity contribution in [1.29, 1.82) is 0 Å². The zero-order valence-electron chi connectivity index (χ0n) is 12.5. The van der Waals surface area contributed by atoms with Crippen LogP contribution in [0.5, 0.6) is 0 Å². The molecule has 1 aromatic rings. The molecule has 1 saturated heterocycles. The average molecular weight is 262 g/mol. The third-order valence-electron chi connectivity index (χ3n) is 3.73. The van der Waals surface area contributed by atoms with Crippen molar-refractivity contribution >= 4 is 11.6 Å². The molecule has 0 radical (unpaired) electrons. The van der Waals surface area contributed by atoms with Crippen molar-refractivity contribution in [3.8, 4) is 0 Å². The van der Waals surface area contributed by atoms with Gasteiger partial charge in [-0.15, -0.1) is 0 Å². The minimum atomic E-state index is 0.860. The highest BCUT2D eigenvalue weighted by Crippen LogP contribution is 2.25. The Labute approximate surface area is 116 Å². The topological polar surface area (TPSA) is 41.1 Å². The van der Waals surface area contributed by atoms with Crippen molar-refractivity contribution in [2.24, 2.45) is 0 Å². The van der Waals surface area contributed by atoms with Crippen molar-refractivity contribution in [3.63, 3.8) is 0 Å². The van der Waals surface area contributed by atoms with Gasteiger partial charge in [-0.1, -0.05) is 19.3 Å². The lowest BCUT2D eigenvalue weighted by molar-refractivity contribution is 0.552. The van der Waals surface area contributed by atoms with Gasteiger partial charge in [-0.25, -0.2) is 9.97 Å². The largest absolute Gasteiger partial charge is 0.370 e. The van der Waals surface area contributed by atoms with Crippen LogP contribution in [0, 0.1) is 13.8 Å². The predicted molar refractivity (Wildman–Crippen MR) is 81.0 cm³/mol. The van der Waals surface area contributed by atoms with Crippen LogP contribution in [0.15, 0.2) is 0 Å². The van der Waals surface area contributed by atoms with Crippen LogP contribution in [-0.4, -0.2) is 29.6 Å². The SMILES string of the molecule is CCNc1nc(C)nc(N2CCCCCCC2)c1C.